The van der Waals surface area contributed by atoms with Crippen molar-refractivity contribution in [2.45, 2.75) is 65.3 Å². The van der Waals surface area contributed by atoms with E-state index in [0.717, 1.165) is 60.7 Å². The van der Waals surface area contributed by atoms with Gasteiger partial charge in [-0.25, -0.2) is 13.8 Å². The van der Waals surface area contributed by atoms with Crippen LogP contribution in [0.3, 0.4) is 0 Å². The minimum atomic E-state index is -0.299. The third-order valence-corrected chi connectivity index (χ3v) is 7.35. The molecule has 0 aliphatic carbocycles. The van der Waals surface area contributed by atoms with E-state index in [1.807, 2.05) is 26.1 Å². The molecule has 1 aliphatic rings. The number of fused-ring (bicyclic) bond motifs is 2. The average Bonchev–Trinajstić information content (AvgIpc) is 3.12. The van der Waals surface area contributed by atoms with Crippen molar-refractivity contribution in [2.24, 2.45) is 4.99 Å². The van der Waals surface area contributed by atoms with Crippen molar-refractivity contribution >= 4 is 22.9 Å². The van der Waals surface area contributed by atoms with E-state index >= 15 is 0 Å². The molecule has 0 fully saturated rings. The molecule has 0 aromatic heterocycles. The summed E-state index contributed by atoms with van der Waals surface area (Å²) in [6.45, 7) is 13.2. The van der Waals surface area contributed by atoms with Crippen molar-refractivity contribution in [1.82, 2.24) is 10.2 Å². The highest BCUT2D eigenvalue weighted by molar-refractivity contribution is 6.07. The van der Waals surface area contributed by atoms with Crippen LogP contribution >= 0.6 is 0 Å². The molecule has 7 heteroatoms. The summed E-state index contributed by atoms with van der Waals surface area (Å²) >= 11 is 0. The summed E-state index contributed by atoms with van der Waals surface area (Å²) < 4.78 is 27.4. The van der Waals surface area contributed by atoms with Crippen molar-refractivity contribution < 1.29 is 13.9 Å². The number of hydrogen-bond acceptors (Lipinski definition) is 5. The second-order valence-corrected chi connectivity index (χ2v) is 10.6. The zero-order valence-electron chi connectivity index (χ0n) is 25.0. The van der Waals surface area contributed by atoms with Crippen LogP contribution in [-0.2, 0) is 6.42 Å². The van der Waals surface area contributed by atoms with Gasteiger partial charge in [0.25, 0.3) is 0 Å². The zero-order chi connectivity index (χ0) is 29.9. The van der Waals surface area contributed by atoms with E-state index in [4.69, 9.17) is 10.1 Å². The molecule has 3 aromatic rings. The fraction of sp³-hybridized carbons (Fsp3) is 0.382. The van der Waals surface area contributed by atoms with Crippen LogP contribution in [0.4, 0.5) is 25.8 Å². The van der Waals surface area contributed by atoms with E-state index in [9.17, 15) is 8.78 Å². The Bertz CT molecular complexity index is 1320. The molecule has 0 saturated heterocycles. The summed E-state index contributed by atoms with van der Waals surface area (Å²) in [4.78, 5) is 7.29. The van der Waals surface area contributed by atoms with E-state index < -0.39 is 0 Å². The van der Waals surface area contributed by atoms with Crippen molar-refractivity contribution in [2.75, 3.05) is 25.5 Å². The largest absolute Gasteiger partial charge is 0.513 e. The lowest BCUT2D eigenvalue weighted by Gasteiger charge is -2.28. The summed E-state index contributed by atoms with van der Waals surface area (Å²) in [5.74, 6) is 0.996. The number of aliphatic imine (C=N–C) groups is 1. The van der Waals surface area contributed by atoms with Crippen molar-refractivity contribution in [1.29, 1.82) is 0 Å². The highest BCUT2D eigenvalue weighted by atomic mass is 19.1. The summed E-state index contributed by atoms with van der Waals surface area (Å²) in [5.41, 5.74) is 5.79. The molecular formula is C34H44F2N4O. The van der Waals surface area contributed by atoms with E-state index in [1.165, 1.54) is 29.8 Å². The van der Waals surface area contributed by atoms with Gasteiger partial charge in [0, 0.05) is 42.9 Å². The van der Waals surface area contributed by atoms with E-state index in [0.29, 0.717) is 24.1 Å². The van der Waals surface area contributed by atoms with Gasteiger partial charge in [-0.2, -0.15) is 0 Å². The fourth-order valence-corrected chi connectivity index (χ4v) is 4.63. The molecule has 41 heavy (non-hydrogen) atoms. The van der Waals surface area contributed by atoms with Crippen LogP contribution in [0.2, 0.25) is 0 Å². The maximum Gasteiger partial charge on any atom is 0.138 e. The Kier molecular flexibility index (Phi) is 11.9. The van der Waals surface area contributed by atoms with Gasteiger partial charge in [0.2, 0.25) is 0 Å². The number of anilines is 2. The lowest BCUT2D eigenvalue weighted by atomic mass is 9.98. The van der Waals surface area contributed by atoms with Crippen molar-refractivity contribution in [3.05, 3.63) is 101 Å². The maximum absolute atomic E-state index is 14.1. The molecule has 1 heterocycles. The zero-order valence-corrected chi connectivity index (χ0v) is 25.0. The third-order valence-electron chi connectivity index (χ3n) is 7.35. The van der Waals surface area contributed by atoms with Crippen LogP contribution in [0, 0.1) is 11.6 Å². The summed E-state index contributed by atoms with van der Waals surface area (Å²) in [5, 5.41) is 15.1. The standard InChI is InChI=1S/C30H36F2N4.C4H8O/c1-5-36(17-16-25(33-4)13-8-21-6-10-23(31)11-7-21)30-26-18-22(20(2)3)9-14-27(26)34-28-15-12-24(32)19-29(28)35-30;1-3-4(2)5/h6-7,9-12,14-15,18-20,25,33-34H,5,8,13,16-17H2,1-4H3;5H,2-3H2,1H3. The van der Waals surface area contributed by atoms with E-state index in [-0.39, 0.29) is 17.4 Å². The molecule has 1 aliphatic heterocycles. The van der Waals surface area contributed by atoms with Gasteiger partial charge in [0.1, 0.15) is 17.5 Å². The number of hydrogen-bond donors (Lipinski definition) is 3. The van der Waals surface area contributed by atoms with Gasteiger partial charge >= 0.3 is 0 Å². The number of nitrogens with zero attached hydrogens (tertiary/aromatic N) is 2. The smallest absolute Gasteiger partial charge is 0.138 e. The number of benzene rings is 3. The lowest BCUT2D eigenvalue weighted by molar-refractivity contribution is 0.380. The van der Waals surface area contributed by atoms with Crippen LogP contribution in [0.5, 0.6) is 0 Å². The van der Waals surface area contributed by atoms with Crippen LogP contribution in [-0.4, -0.2) is 42.0 Å². The van der Waals surface area contributed by atoms with Crippen LogP contribution < -0.4 is 10.6 Å². The fourth-order valence-electron chi connectivity index (χ4n) is 4.63. The van der Waals surface area contributed by atoms with Crippen molar-refractivity contribution in [3.8, 4) is 0 Å². The van der Waals surface area contributed by atoms with Gasteiger partial charge in [-0.3, -0.25) is 0 Å². The Morgan fingerprint density at radius 1 is 0.976 bits per heavy atom. The Labute approximate surface area is 244 Å². The number of halogens is 2. The average molecular weight is 563 g/mol. The number of aliphatic hydroxyl groups is 1. The summed E-state index contributed by atoms with van der Waals surface area (Å²) in [6.07, 6.45) is 3.43. The Morgan fingerprint density at radius 3 is 2.24 bits per heavy atom. The molecule has 4 rings (SSSR count). The number of amidine groups is 1. The summed E-state index contributed by atoms with van der Waals surface area (Å²) in [6, 6.07) is 18.2. The molecule has 0 saturated carbocycles. The number of nitrogens with one attached hydrogen (secondary N) is 2. The predicted molar refractivity (Wildman–Crippen MR) is 168 cm³/mol. The normalized spacial score (nSPS) is 12.6. The molecule has 1 unspecified atom stereocenters. The lowest BCUT2D eigenvalue weighted by Crippen LogP contribution is -2.37. The third kappa shape index (κ3) is 9.15. The van der Waals surface area contributed by atoms with E-state index in [2.05, 4.69) is 61.1 Å². The molecule has 1 atom stereocenters. The molecular weight excluding hydrogens is 518 g/mol. The van der Waals surface area contributed by atoms with Crippen molar-refractivity contribution in [3.63, 3.8) is 0 Å². The number of rotatable bonds is 10. The summed E-state index contributed by atoms with van der Waals surface area (Å²) in [7, 11) is 1.99. The number of aliphatic hydroxyl groups excluding tert-OH is 1. The molecule has 220 valence electrons. The second-order valence-electron chi connectivity index (χ2n) is 10.6. The first-order chi connectivity index (χ1) is 19.6. The first-order valence-electron chi connectivity index (χ1n) is 14.5. The molecule has 0 spiro atoms. The molecule has 5 nitrogen and oxygen atoms in total. The molecule has 0 bridgehead atoms. The van der Waals surface area contributed by atoms with Gasteiger partial charge in [-0.15, -0.1) is 0 Å². The van der Waals surface area contributed by atoms with Gasteiger partial charge in [-0.05, 0) is 86.7 Å². The minimum Gasteiger partial charge on any atom is -0.513 e. The second kappa shape index (κ2) is 15.3. The monoisotopic (exact) mass is 562 g/mol. The molecule has 0 amide bonds. The Balaban J connectivity index is 0.000000850. The van der Waals surface area contributed by atoms with Gasteiger partial charge in [-0.1, -0.05) is 45.5 Å². The van der Waals surface area contributed by atoms with Gasteiger partial charge < -0.3 is 20.6 Å². The predicted octanol–water partition coefficient (Wildman–Crippen LogP) is 8.62. The molecule has 3 N–H and O–H groups in total. The maximum atomic E-state index is 14.1. The molecule has 0 radical (unpaired) electrons. The Hall–Kier alpha value is -3.71. The SMILES string of the molecule is C=C(O)CC.CCN(CCC(CCc1ccc(F)cc1)NC)C1=Nc2cc(F)ccc2Nc2ccc(C(C)C)cc21. The quantitative estimate of drug-likeness (QED) is 0.217. The van der Waals surface area contributed by atoms with Crippen LogP contribution in [0.1, 0.15) is 69.6 Å². The van der Waals surface area contributed by atoms with Crippen LogP contribution in [0.25, 0.3) is 0 Å². The Morgan fingerprint density at radius 2 is 1.63 bits per heavy atom. The first kappa shape index (κ1) is 31.8. The highest BCUT2D eigenvalue weighted by Gasteiger charge is 2.23. The van der Waals surface area contributed by atoms with Gasteiger partial charge in [0.15, 0.2) is 0 Å². The minimum absolute atomic E-state index is 0.205. The molecule has 3 aromatic carbocycles. The number of aryl methyl sites for hydroxylation is 1. The first-order valence-corrected chi connectivity index (χ1v) is 14.5. The highest BCUT2D eigenvalue weighted by Crippen LogP contribution is 2.36. The number of allylic oxidation sites excluding steroid dienone is 1. The topological polar surface area (TPSA) is 59.9 Å². The van der Waals surface area contributed by atoms with Gasteiger partial charge in [0.05, 0.1) is 17.1 Å². The van der Waals surface area contributed by atoms with Crippen LogP contribution in [0.15, 0.2) is 78.0 Å². The van der Waals surface area contributed by atoms with E-state index in [1.54, 1.807) is 6.07 Å².